The van der Waals surface area contributed by atoms with E-state index in [9.17, 15) is 0 Å². The molecule has 1 fully saturated rings. The van der Waals surface area contributed by atoms with Gasteiger partial charge in [0.15, 0.2) is 0 Å². The maximum absolute atomic E-state index is 9.08. The molecule has 1 aliphatic heterocycles. The summed E-state index contributed by atoms with van der Waals surface area (Å²) in [5, 5.41) is 9.08. The van der Waals surface area contributed by atoms with Crippen LogP contribution in [0.5, 0.6) is 0 Å². The Morgan fingerprint density at radius 2 is 2.11 bits per heavy atom. The highest BCUT2D eigenvalue weighted by atomic mass is 16.3. The van der Waals surface area contributed by atoms with Gasteiger partial charge in [-0.1, -0.05) is 0 Å². The first-order valence-corrected chi connectivity index (χ1v) is 6.70. The molecule has 4 nitrogen and oxygen atoms in total. The Bertz CT molecular complexity index is 389. The van der Waals surface area contributed by atoms with Crippen LogP contribution < -0.4 is 4.90 Å². The molecule has 1 aromatic heterocycles. The fraction of sp³-hybridized carbons (Fsp3) is 0.643. The van der Waals surface area contributed by atoms with Crippen LogP contribution in [0.4, 0.5) is 5.82 Å². The summed E-state index contributed by atoms with van der Waals surface area (Å²) in [6, 6.07) is 2.01. The molecule has 1 aliphatic rings. The maximum Gasteiger partial charge on any atom is 0.131 e. The molecule has 0 unspecified atom stereocenters. The van der Waals surface area contributed by atoms with Gasteiger partial charge in [-0.2, -0.15) is 0 Å². The summed E-state index contributed by atoms with van der Waals surface area (Å²) < 4.78 is 0. The summed E-state index contributed by atoms with van der Waals surface area (Å²) in [5.74, 6) is 1.02. The standard InChI is InChI=1S/C14H23N3O/c1-12-9-13(11-18)10-15-14(12)16(2)7-8-17-5-3-4-6-17/h9-10,18H,3-8,11H2,1-2H3. The number of aryl methyl sites for hydroxylation is 1. The minimum absolute atomic E-state index is 0.0611. The van der Waals surface area contributed by atoms with Crippen molar-refractivity contribution in [3.05, 3.63) is 23.4 Å². The van der Waals surface area contributed by atoms with E-state index < -0.39 is 0 Å². The lowest BCUT2D eigenvalue weighted by Gasteiger charge is -2.23. The van der Waals surface area contributed by atoms with Gasteiger partial charge in [-0.15, -0.1) is 0 Å². The lowest BCUT2D eigenvalue weighted by molar-refractivity contribution is 0.281. The minimum Gasteiger partial charge on any atom is -0.392 e. The number of hydrogen-bond donors (Lipinski definition) is 1. The molecule has 1 saturated heterocycles. The van der Waals surface area contributed by atoms with Gasteiger partial charge in [-0.3, -0.25) is 0 Å². The smallest absolute Gasteiger partial charge is 0.131 e. The van der Waals surface area contributed by atoms with E-state index in [0.717, 1.165) is 30.0 Å². The molecule has 1 aromatic rings. The van der Waals surface area contributed by atoms with Crippen molar-refractivity contribution in [3.63, 3.8) is 0 Å². The SMILES string of the molecule is Cc1cc(CO)cnc1N(C)CCN1CCCC1. The van der Waals surface area contributed by atoms with Gasteiger partial charge in [-0.05, 0) is 50.0 Å². The number of nitrogens with zero attached hydrogens (tertiary/aromatic N) is 3. The van der Waals surface area contributed by atoms with Crippen LogP contribution in [0.25, 0.3) is 0 Å². The average Bonchev–Trinajstić information content (AvgIpc) is 2.88. The van der Waals surface area contributed by atoms with E-state index in [0.29, 0.717) is 0 Å². The van der Waals surface area contributed by atoms with Gasteiger partial charge in [0.25, 0.3) is 0 Å². The number of likely N-dealkylation sites (tertiary alicyclic amines) is 1. The van der Waals surface area contributed by atoms with Gasteiger partial charge in [0.05, 0.1) is 6.61 Å². The van der Waals surface area contributed by atoms with Gasteiger partial charge >= 0.3 is 0 Å². The Labute approximate surface area is 109 Å². The zero-order chi connectivity index (χ0) is 13.0. The number of aliphatic hydroxyl groups excluding tert-OH is 1. The molecule has 4 heteroatoms. The topological polar surface area (TPSA) is 39.6 Å². The van der Waals surface area contributed by atoms with E-state index >= 15 is 0 Å². The van der Waals surface area contributed by atoms with E-state index in [2.05, 4.69) is 21.8 Å². The van der Waals surface area contributed by atoms with Crippen molar-refractivity contribution in [2.75, 3.05) is 38.1 Å². The number of aliphatic hydroxyl groups is 1. The molecule has 0 atom stereocenters. The molecule has 2 heterocycles. The van der Waals surface area contributed by atoms with Crippen molar-refractivity contribution in [1.82, 2.24) is 9.88 Å². The van der Waals surface area contributed by atoms with Crippen molar-refractivity contribution in [3.8, 4) is 0 Å². The first kappa shape index (κ1) is 13.3. The van der Waals surface area contributed by atoms with E-state index in [1.165, 1.54) is 25.9 Å². The average molecular weight is 249 g/mol. The first-order chi connectivity index (χ1) is 8.70. The van der Waals surface area contributed by atoms with Crippen LogP contribution in [0, 0.1) is 6.92 Å². The van der Waals surface area contributed by atoms with Crippen LogP contribution in [-0.2, 0) is 6.61 Å². The Kier molecular flexibility index (Phi) is 4.55. The zero-order valence-electron chi connectivity index (χ0n) is 11.4. The number of aromatic nitrogens is 1. The molecule has 1 N–H and O–H groups in total. The molecular weight excluding hydrogens is 226 g/mol. The molecule has 0 aromatic carbocycles. The van der Waals surface area contributed by atoms with E-state index in [-0.39, 0.29) is 6.61 Å². The van der Waals surface area contributed by atoms with Crippen LogP contribution in [0.2, 0.25) is 0 Å². The third-order valence-electron chi connectivity index (χ3n) is 3.60. The number of hydrogen-bond acceptors (Lipinski definition) is 4. The predicted octanol–water partition coefficient (Wildman–Crippen LogP) is 1.41. The Hall–Kier alpha value is -1.13. The second kappa shape index (κ2) is 6.16. The van der Waals surface area contributed by atoms with Crippen LogP contribution >= 0.6 is 0 Å². The van der Waals surface area contributed by atoms with Gasteiger partial charge < -0.3 is 14.9 Å². The molecule has 100 valence electrons. The predicted molar refractivity (Wildman–Crippen MR) is 73.8 cm³/mol. The van der Waals surface area contributed by atoms with Gasteiger partial charge in [-0.25, -0.2) is 4.98 Å². The fourth-order valence-corrected chi connectivity index (χ4v) is 2.52. The van der Waals surface area contributed by atoms with E-state index in [1.807, 2.05) is 13.0 Å². The number of anilines is 1. The largest absolute Gasteiger partial charge is 0.392 e. The third kappa shape index (κ3) is 3.21. The third-order valence-corrected chi connectivity index (χ3v) is 3.60. The van der Waals surface area contributed by atoms with Crippen LogP contribution in [0.3, 0.4) is 0 Å². The molecule has 0 saturated carbocycles. The summed E-state index contributed by atoms with van der Waals surface area (Å²) in [6.07, 6.45) is 4.44. The molecular formula is C14H23N3O. The molecule has 0 radical (unpaired) electrons. The van der Waals surface area contributed by atoms with Crippen molar-refractivity contribution in [2.24, 2.45) is 0 Å². The fourth-order valence-electron chi connectivity index (χ4n) is 2.52. The van der Waals surface area contributed by atoms with Crippen LogP contribution in [0.15, 0.2) is 12.3 Å². The van der Waals surface area contributed by atoms with Crippen molar-refractivity contribution < 1.29 is 5.11 Å². The van der Waals surface area contributed by atoms with Crippen molar-refractivity contribution in [1.29, 1.82) is 0 Å². The van der Waals surface area contributed by atoms with E-state index in [4.69, 9.17) is 5.11 Å². The van der Waals surface area contributed by atoms with Crippen LogP contribution in [0.1, 0.15) is 24.0 Å². The summed E-state index contributed by atoms with van der Waals surface area (Å²) in [5.41, 5.74) is 2.01. The van der Waals surface area contributed by atoms with E-state index in [1.54, 1.807) is 6.20 Å². The summed E-state index contributed by atoms with van der Waals surface area (Å²) in [4.78, 5) is 9.15. The second-order valence-corrected chi connectivity index (χ2v) is 5.11. The minimum atomic E-state index is 0.0611. The monoisotopic (exact) mass is 249 g/mol. The quantitative estimate of drug-likeness (QED) is 0.856. The second-order valence-electron chi connectivity index (χ2n) is 5.11. The Morgan fingerprint density at radius 1 is 1.39 bits per heavy atom. The molecule has 18 heavy (non-hydrogen) atoms. The Balaban J connectivity index is 1.93. The Morgan fingerprint density at radius 3 is 2.72 bits per heavy atom. The lowest BCUT2D eigenvalue weighted by atomic mass is 10.2. The number of pyridine rings is 1. The maximum atomic E-state index is 9.08. The van der Waals surface area contributed by atoms with Crippen molar-refractivity contribution in [2.45, 2.75) is 26.4 Å². The molecule has 0 bridgehead atoms. The summed E-state index contributed by atoms with van der Waals surface area (Å²) >= 11 is 0. The summed E-state index contributed by atoms with van der Waals surface area (Å²) in [7, 11) is 2.09. The lowest BCUT2D eigenvalue weighted by Crippen LogP contribution is -2.32. The van der Waals surface area contributed by atoms with Gasteiger partial charge in [0, 0.05) is 26.3 Å². The number of rotatable bonds is 5. The number of likely N-dealkylation sites (N-methyl/N-ethyl adjacent to an activating group) is 1. The van der Waals surface area contributed by atoms with Gasteiger partial charge in [0.2, 0.25) is 0 Å². The highest BCUT2D eigenvalue weighted by Gasteiger charge is 2.13. The highest BCUT2D eigenvalue weighted by molar-refractivity contribution is 5.46. The first-order valence-electron chi connectivity index (χ1n) is 6.70. The van der Waals surface area contributed by atoms with Crippen molar-refractivity contribution >= 4 is 5.82 Å². The molecule has 0 amide bonds. The normalized spacial score (nSPS) is 16.2. The van der Waals surface area contributed by atoms with Gasteiger partial charge in [0.1, 0.15) is 5.82 Å². The molecule has 2 rings (SSSR count). The molecule has 0 spiro atoms. The zero-order valence-corrected chi connectivity index (χ0v) is 11.4. The highest BCUT2D eigenvalue weighted by Crippen LogP contribution is 2.17. The summed E-state index contributed by atoms with van der Waals surface area (Å²) in [6.45, 7) is 6.71. The van der Waals surface area contributed by atoms with Crippen LogP contribution in [-0.4, -0.2) is 48.2 Å². The molecule has 0 aliphatic carbocycles.